The Morgan fingerprint density at radius 2 is 2.44 bits per heavy atom. The first-order valence-corrected chi connectivity index (χ1v) is 4.02. The lowest BCUT2D eigenvalue weighted by molar-refractivity contribution is 1.05. The topological polar surface area (TPSA) is 12.9 Å². The van der Waals surface area contributed by atoms with Crippen LogP contribution in [-0.2, 0) is 0 Å². The van der Waals surface area contributed by atoms with Gasteiger partial charge < -0.3 is 0 Å². The maximum Gasteiger partial charge on any atom is 0.110 e. The molecule has 0 N–H and O–H groups in total. The second-order valence-corrected chi connectivity index (χ2v) is 3.85. The Labute approximate surface area is 63.7 Å². The van der Waals surface area contributed by atoms with Crippen LogP contribution in [0.15, 0.2) is 6.20 Å². The highest BCUT2D eigenvalue weighted by molar-refractivity contribution is 7.11. The molecule has 1 atom stereocenters. The lowest BCUT2D eigenvalue weighted by Gasteiger charge is -1.91. The lowest BCUT2D eigenvalue weighted by atomic mass is 10.5. The zero-order valence-electron chi connectivity index (χ0n) is 5.39. The first-order chi connectivity index (χ1) is 4.20. The van der Waals surface area contributed by atoms with Crippen LogP contribution < -0.4 is 0 Å². The van der Waals surface area contributed by atoms with Crippen LogP contribution in [0.1, 0.15) is 22.2 Å². The Hall–Kier alpha value is -0.0800. The second kappa shape index (κ2) is 2.67. The lowest BCUT2D eigenvalue weighted by Crippen LogP contribution is -1.78. The molecule has 9 heavy (non-hydrogen) atoms. The molecule has 0 spiro atoms. The summed E-state index contributed by atoms with van der Waals surface area (Å²) in [7, 11) is 0. The molecule has 3 heteroatoms. The van der Waals surface area contributed by atoms with Crippen LogP contribution in [0.5, 0.6) is 0 Å². The number of hydrogen-bond acceptors (Lipinski definition) is 2. The van der Waals surface area contributed by atoms with Gasteiger partial charge in [0.2, 0.25) is 0 Å². The van der Waals surface area contributed by atoms with E-state index in [1.54, 1.807) is 11.3 Å². The molecule has 0 bridgehead atoms. The molecule has 0 aliphatic carbocycles. The molecule has 50 valence electrons. The molecule has 0 aromatic carbocycles. The minimum Gasteiger partial charge on any atom is -0.248 e. The van der Waals surface area contributed by atoms with Crippen molar-refractivity contribution in [3.63, 3.8) is 0 Å². The third-order valence-corrected chi connectivity index (χ3v) is 2.41. The van der Waals surface area contributed by atoms with E-state index in [1.807, 2.05) is 20.0 Å². The maximum atomic E-state index is 5.76. The van der Waals surface area contributed by atoms with E-state index in [2.05, 4.69) is 4.98 Å². The predicted molar refractivity (Wildman–Crippen MR) is 41.1 cm³/mol. The summed E-state index contributed by atoms with van der Waals surface area (Å²) in [5, 5.41) is 1.07. The van der Waals surface area contributed by atoms with Crippen molar-refractivity contribution in [1.82, 2.24) is 4.98 Å². The summed E-state index contributed by atoms with van der Waals surface area (Å²) in [5.74, 6) is 0. The fourth-order valence-corrected chi connectivity index (χ4v) is 1.45. The van der Waals surface area contributed by atoms with E-state index in [1.165, 1.54) is 4.88 Å². The van der Waals surface area contributed by atoms with Crippen LogP contribution in [0, 0.1) is 6.92 Å². The highest BCUT2D eigenvalue weighted by atomic mass is 35.5. The molecular weight excluding hydrogens is 154 g/mol. The van der Waals surface area contributed by atoms with E-state index in [9.17, 15) is 0 Å². The molecule has 0 radical (unpaired) electrons. The van der Waals surface area contributed by atoms with E-state index in [-0.39, 0.29) is 5.38 Å². The number of aryl methyl sites for hydroxylation is 1. The molecule has 0 saturated carbocycles. The van der Waals surface area contributed by atoms with Crippen molar-refractivity contribution in [2.75, 3.05) is 0 Å². The van der Waals surface area contributed by atoms with Crippen molar-refractivity contribution < 1.29 is 0 Å². The summed E-state index contributed by atoms with van der Waals surface area (Å²) in [6, 6.07) is 0. The minimum atomic E-state index is 0.0590. The van der Waals surface area contributed by atoms with Gasteiger partial charge in [-0.3, -0.25) is 0 Å². The zero-order chi connectivity index (χ0) is 6.85. The van der Waals surface area contributed by atoms with E-state index in [4.69, 9.17) is 11.6 Å². The van der Waals surface area contributed by atoms with Gasteiger partial charge in [-0.1, -0.05) is 0 Å². The zero-order valence-corrected chi connectivity index (χ0v) is 6.96. The van der Waals surface area contributed by atoms with Gasteiger partial charge in [-0.05, 0) is 13.8 Å². The fraction of sp³-hybridized carbons (Fsp3) is 0.500. The third-order valence-electron chi connectivity index (χ3n) is 0.979. The first kappa shape index (κ1) is 7.03. The molecule has 1 aromatic rings. The summed E-state index contributed by atoms with van der Waals surface area (Å²) in [6.45, 7) is 3.96. The van der Waals surface area contributed by atoms with Crippen LogP contribution >= 0.6 is 22.9 Å². The Morgan fingerprint density at radius 1 is 1.78 bits per heavy atom. The van der Waals surface area contributed by atoms with Gasteiger partial charge in [0, 0.05) is 11.1 Å². The van der Waals surface area contributed by atoms with Crippen molar-refractivity contribution >= 4 is 22.9 Å². The number of hydrogen-bond donors (Lipinski definition) is 0. The summed E-state index contributed by atoms with van der Waals surface area (Å²) in [6.07, 6.45) is 1.85. The van der Waals surface area contributed by atoms with Crippen LogP contribution in [0.3, 0.4) is 0 Å². The molecule has 1 rings (SSSR count). The number of aromatic nitrogens is 1. The molecule has 0 amide bonds. The average molecular weight is 162 g/mol. The van der Waals surface area contributed by atoms with Crippen molar-refractivity contribution in [2.24, 2.45) is 0 Å². The first-order valence-electron chi connectivity index (χ1n) is 2.76. The van der Waals surface area contributed by atoms with Crippen LogP contribution in [0.2, 0.25) is 0 Å². The molecule has 0 aliphatic heterocycles. The third kappa shape index (κ3) is 1.66. The Kier molecular flexibility index (Phi) is 2.09. The van der Waals surface area contributed by atoms with E-state index in [0.717, 1.165) is 5.01 Å². The van der Waals surface area contributed by atoms with Gasteiger partial charge in [-0.25, -0.2) is 4.98 Å². The normalized spacial score (nSPS) is 13.7. The van der Waals surface area contributed by atoms with Gasteiger partial charge in [0.05, 0.1) is 5.38 Å². The predicted octanol–water partition coefficient (Wildman–Crippen LogP) is 2.75. The van der Waals surface area contributed by atoms with Gasteiger partial charge in [-0.2, -0.15) is 0 Å². The monoisotopic (exact) mass is 161 g/mol. The highest BCUT2D eigenvalue weighted by Crippen LogP contribution is 2.23. The molecule has 1 nitrogen and oxygen atoms in total. The number of nitrogens with zero attached hydrogens (tertiary/aromatic N) is 1. The molecule has 0 aliphatic rings. The summed E-state index contributed by atoms with van der Waals surface area (Å²) < 4.78 is 0. The second-order valence-electron chi connectivity index (χ2n) is 1.93. The maximum absolute atomic E-state index is 5.76. The largest absolute Gasteiger partial charge is 0.248 e. The summed E-state index contributed by atoms with van der Waals surface area (Å²) in [5.41, 5.74) is 0. The van der Waals surface area contributed by atoms with Gasteiger partial charge >= 0.3 is 0 Å². The average Bonchev–Trinajstić information content (AvgIpc) is 2.14. The molecule has 0 fully saturated rings. The van der Waals surface area contributed by atoms with E-state index in [0.29, 0.717) is 0 Å². The molecule has 1 aromatic heterocycles. The Bertz CT molecular complexity index is 195. The van der Waals surface area contributed by atoms with Crippen LogP contribution in [0.4, 0.5) is 0 Å². The molecular formula is C6H8ClNS. The van der Waals surface area contributed by atoms with Gasteiger partial charge in [0.25, 0.3) is 0 Å². The minimum absolute atomic E-state index is 0.0590. The standard InChI is InChI=1S/C6H8ClNS/c1-4-3-8-6(9-4)5(2)7/h3,5H,1-2H3. The number of alkyl halides is 1. The molecule has 0 saturated heterocycles. The highest BCUT2D eigenvalue weighted by Gasteiger charge is 2.03. The van der Waals surface area contributed by atoms with Crippen LogP contribution in [0.25, 0.3) is 0 Å². The van der Waals surface area contributed by atoms with Gasteiger partial charge in [0.15, 0.2) is 0 Å². The smallest absolute Gasteiger partial charge is 0.110 e. The van der Waals surface area contributed by atoms with E-state index >= 15 is 0 Å². The Balaban J connectivity index is 2.85. The number of rotatable bonds is 1. The van der Waals surface area contributed by atoms with Gasteiger partial charge in [-0.15, -0.1) is 22.9 Å². The van der Waals surface area contributed by atoms with Crippen molar-refractivity contribution in [3.05, 3.63) is 16.1 Å². The summed E-state index contributed by atoms with van der Waals surface area (Å²) in [4.78, 5) is 5.32. The quantitative estimate of drug-likeness (QED) is 0.578. The fourth-order valence-electron chi connectivity index (χ4n) is 0.556. The molecule has 1 unspecified atom stereocenters. The molecule has 1 heterocycles. The number of halogens is 1. The van der Waals surface area contributed by atoms with Crippen molar-refractivity contribution in [3.8, 4) is 0 Å². The van der Waals surface area contributed by atoms with Gasteiger partial charge in [0.1, 0.15) is 5.01 Å². The van der Waals surface area contributed by atoms with E-state index < -0.39 is 0 Å². The van der Waals surface area contributed by atoms with Crippen molar-refractivity contribution in [2.45, 2.75) is 19.2 Å². The van der Waals surface area contributed by atoms with Crippen LogP contribution in [-0.4, -0.2) is 4.98 Å². The number of thiazole rings is 1. The van der Waals surface area contributed by atoms with Crippen molar-refractivity contribution in [1.29, 1.82) is 0 Å². The SMILES string of the molecule is Cc1cnc(C(C)Cl)s1. The Morgan fingerprint density at radius 3 is 2.67 bits per heavy atom. The summed E-state index contributed by atoms with van der Waals surface area (Å²) >= 11 is 7.42.